The minimum Gasteiger partial charge on any atom is -0.481 e. The summed E-state index contributed by atoms with van der Waals surface area (Å²) in [5, 5.41) is 8.63. The molecule has 1 aliphatic heterocycles. The summed E-state index contributed by atoms with van der Waals surface area (Å²) in [6.07, 6.45) is 3.28. The molecule has 0 radical (unpaired) electrons. The monoisotopic (exact) mass is 261 g/mol. The number of rotatable bonds is 6. The third-order valence-corrected chi connectivity index (χ3v) is 4.20. The zero-order chi connectivity index (χ0) is 13.7. The minimum atomic E-state index is -0.684. The molecule has 0 aromatic heterocycles. The number of unbranched alkanes of at least 4 members (excludes halogenated alkanes) is 1. The molecule has 1 aromatic rings. The van der Waals surface area contributed by atoms with Gasteiger partial charge in [-0.2, -0.15) is 0 Å². The van der Waals surface area contributed by atoms with Crippen molar-refractivity contribution in [2.45, 2.75) is 44.6 Å². The number of aliphatic carboxylic acids is 1. The summed E-state index contributed by atoms with van der Waals surface area (Å²) in [5.41, 5.74) is 1.43. The number of carbonyl (C=O) groups is 1. The maximum Gasteiger partial charge on any atom is 0.303 e. The van der Waals surface area contributed by atoms with Crippen LogP contribution in [0.4, 0.5) is 0 Å². The summed E-state index contributed by atoms with van der Waals surface area (Å²) in [7, 11) is 0. The molecule has 1 heterocycles. The number of hydrogen-bond acceptors (Lipinski definition) is 2. The van der Waals surface area contributed by atoms with Crippen LogP contribution in [0.5, 0.6) is 0 Å². The number of likely N-dealkylation sites (tertiary alicyclic amines) is 1. The molecule has 1 saturated heterocycles. The normalized spacial score (nSPS) is 23.6. The number of carboxylic acids is 1. The van der Waals surface area contributed by atoms with Crippen LogP contribution in [0.25, 0.3) is 0 Å². The number of hydrogen-bond donors (Lipinski definition) is 1. The van der Waals surface area contributed by atoms with E-state index >= 15 is 0 Å². The van der Waals surface area contributed by atoms with Gasteiger partial charge in [-0.05, 0) is 44.8 Å². The van der Waals surface area contributed by atoms with Crippen molar-refractivity contribution in [1.82, 2.24) is 4.90 Å². The lowest BCUT2D eigenvalue weighted by molar-refractivity contribution is -0.137. The van der Waals surface area contributed by atoms with Crippen molar-refractivity contribution in [2.75, 3.05) is 13.1 Å². The van der Waals surface area contributed by atoms with E-state index < -0.39 is 5.97 Å². The Labute approximate surface area is 115 Å². The minimum absolute atomic E-state index is 0.296. The first kappa shape index (κ1) is 14.1. The van der Waals surface area contributed by atoms with Crippen LogP contribution in [-0.4, -0.2) is 35.1 Å². The number of benzene rings is 1. The average Bonchev–Trinajstić information content (AvgIpc) is 2.77. The van der Waals surface area contributed by atoms with Crippen LogP contribution in [0.1, 0.15) is 44.1 Å². The highest BCUT2D eigenvalue weighted by atomic mass is 16.4. The zero-order valence-corrected chi connectivity index (χ0v) is 11.6. The Kier molecular flexibility index (Phi) is 4.97. The third-order valence-electron chi connectivity index (χ3n) is 4.20. The molecule has 1 aromatic carbocycles. The summed E-state index contributed by atoms with van der Waals surface area (Å²) in [5.74, 6) is -0.0580. The van der Waals surface area contributed by atoms with Gasteiger partial charge >= 0.3 is 5.97 Å². The lowest BCUT2D eigenvalue weighted by Crippen LogP contribution is -2.30. The molecule has 0 bridgehead atoms. The fraction of sp³-hybridized carbons (Fsp3) is 0.562. The SMILES string of the molecule is C[C@H]1[C@@H](c2ccccc2)CCN1CCCCC(=O)O. The van der Waals surface area contributed by atoms with Gasteiger partial charge in [-0.1, -0.05) is 30.3 Å². The van der Waals surface area contributed by atoms with Gasteiger partial charge in [0.15, 0.2) is 0 Å². The maximum absolute atomic E-state index is 10.5. The van der Waals surface area contributed by atoms with Crippen LogP contribution < -0.4 is 0 Å². The van der Waals surface area contributed by atoms with E-state index in [1.165, 1.54) is 12.0 Å². The van der Waals surface area contributed by atoms with Crippen molar-refractivity contribution in [3.05, 3.63) is 35.9 Å². The van der Waals surface area contributed by atoms with Gasteiger partial charge in [-0.15, -0.1) is 0 Å². The molecule has 1 fully saturated rings. The van der Waals surface area contributed by atoms with E-state index in [2.05, 4.69) is 42.2 Å². The second kappa shape index (κ2) is 6.71. The average molecular weight is 261 g/mol. The summed E-state index contributed by atoms with van der Waals surface area (Å²) >= 11 is 0. The molecule has 0 spiro atoms. The highest BCUT2D eigenvalue weighted by Gasteiger charge is 2.30. The van der Waals surface area contributed by atoms with Crippen LogP contribution in [-0.2, 0) is 4.79 Å². The highest BCUT2D eigenvalue weighted by molar-refractivity contribution is 5.66. The lowest BCUT2D eigenvalue weighted by atomic mass is 9.93. The molecule has 0 aliphatic carbocycles. The van der Waals surface area contributed by atoms with Crippen molar-refractivity contribution in [1.29, 1.82) is 0 Å². The summed E-state index contributed by atoms with van der Waals surface area (Å²) < 4.78 is 0. The highest BCUT2D eigenvalue weighted by Crippen LogP contribution is 2.33. The van der Waals surface area contributed by atoms with Gasteiger partial charge in [-0.25, -0.2) is 0 Å². The van der Waals surface area contributed by atoms with Gasteiger partial charge in [0.2, 0.25) is 0 Å². The maximum atomic E-state index is 10.5. The van der Waals surface area contributed by atoms with Crippen LogP contribution >= 0.6 is 0 Å². The molecule has 3 heteroatoms. The van der Waals surface area contributed by atoms with E-state index in [-0.39, 0.29) is 0 Å². The summed E-state index contributed by atoms with van der Waals surface area (Å²) in [4.78, 5) is 13.0. The Bertz CT molecular complexity index is 404. The first-order valence-electron chi connectivity index (χ1n) is 7.19. The van der Waals surface area contributed by atoms with Crippen molar-refractivity contribution in [3.8, 4) is 0 Å². The molecule has 0 saturated carbocycles. The van der Waals surface area contributed by atoms with Crippen molar-refractivity contribution in [3.63, 3.8) is 0 Å². The van der Waals surface area contributed by atoms with Gasteiger partial charge in [-0.3, -0.25) is 4.79 Å². The Morgan fingerprint density at radius 2 is 2.05 bits per heavy atom. The molecule has 104 valence electrons. The molecule has 2 atom stereocenters. The Morgan fingerprint density at radius 1 is 1.32 bits per heavy atom. The predicted octanol–water partition coefficient (Wildman–Crippen LogP) is 3.12. The van der Waals surface area contributed by atoms with Crippen molar-refractivity contribution < 1.29 is 9.90 Å². The van der Waals surface area contributed by atoms with Crippen LogP contribution in [0.2, 0.25) is 0 Å². The molecular weight excluding hydrogens is 238 g/mol. The molecule has 1 aliphatic rings. The van der Waals surface area contributed by atoms with E-state index in [1.807, 2.05) is 0 Å². The standard InChI is InChI=1S/C16H23NO2/c1-13-15(14-7-3-2-4-8-14)10-12-17(13)11-6-5-9-16(18)19/h2-4,7-8,13,15H,5-6,9-12H2,1H3,(H,18,19)/t13-,15-/m0/s1. The molecule has 19 heavy (non-hydrogen) atoms. The lowest BCUT2D eigenvalue weighted by Gasteiger charge is -2.24. The second-order valence-corrected chi connectivity index (χ2v) is 5.43. The molecule has 0 amide bonds. The Morgan fingerprint density at radius 3 is 2.74 bits per heavy atom. The van der Waals surface area contributed by atoms with Crippen molar-refractivity contribution in [2.24, 2.45) is 0 Å². The second-order valence-electron chi connectivity index (χ2n) is 5.43. The van der Waals surface area contributed by atoms with Crippen LogP contribution in [0, 0.1) is 0 Å². The van der Waals surface area contributed by atoms with Crippen molar-refractivity contribution >= 4 is 5.97 Å². The zero-order valence-electron chi connectivity index (χ0n) is 11.6. The molecule has 3 nitrogen and oxygen atoms in total. The van der Waals surface area contributed by atoms with Crippen LogP contribution in [0.3, 0.4) is 0 Å². The number of nitrogens with zero attached hydrogens (tertiary/aromatic N) is 1. The Hall–Kier alpha value is -1.35. The first-order valence-corrected chi connectivity index (χ1v) is 7.19. The van der Waals surface area contributed by atoms with E-state index in [4.69, 9.17) is 5.11 Å². The number of carboxylic acid groups (broad SMARTS) is 1. The smallest absolute Gasteiger partial charge is 0.303 e. The van der Waals surface area contributed by atoms with E-state index in [0.717, 1.165) is 25.9 Å². The third kappa shape index (κ3) is 3.80. The van der Waals surface area contributed by atoms with E-state index in [0.29, 0.717) is 18.4 Å². The summed E-state index contributed by atoms with van der Waals surface area (Å²) in [6, 6.07) is 11.3. The molecule has 2 rings (SSSR count). The fourth-order valence-electron chi connectivity index (χ4n) is 3.06. The van der Waals surface area contributed by atoms with Gasteiger partial charge in [0.1, 0.15) is 0 Å². The predicted molar refractivity (Wildman–Crippen MR) is 76.3 cm³/mol. The van der Waals surface area contributed by atoms with Gasteiger partial charge in [0.25, 0.3) is 0 Å². The first-order chi connectivity index (χ1) is 9.18. The largest absolute Gasteiger partial charge is 0.481 e. The Balaban J connectivity index is 1.81. The quantitative estimate of drug-likeness (QED) is 0.800. The van der Waals surface area contributed by atoms with Gasteiger partial charge < -0.3 is 10.0 Å². The molecule has 1 N–H and O–H groups in total. The van der Waals surface area contributed by atoms with Crippen LogP contribution in [0.15, 0.2) is 30.3 Å². The summed E-state index contributed by atoms with van der Waals surface area (Å²) in [6.45, 7) is 4.45. The van der Waals surface area contributed by atoms with E-state index in [9.17, 15) is 4.79 Å². The topological polar surface area (TPSA) is 40.5 Å². The van der Waals surface area contributed by atoms with E-state index in [1.54, 1.807) is 0 Å². The van der Waals surface area contributed by atoms with Gasteiger partial charge in [0, 0.05) is 18.4 Å². The molecular formula is C16H23NO2. The van der Waals surface area contributed by atoms with Gasteiger partial charge in [0.05, 0.1) is 0 Å². The fourth-order valence-corrected chi connectivity index (χ4v) is 3.06. The molecule has 0 unspecified atom stereocenters.